The van der Waals surface area contributed by atoms with Crippen LogP contribution >= 0.6 is 0 Å². The van der Waals surface area contributed by atoms with Crippen LogP contribution in [0.3, 0.4) is 0 Å². The summed E-state index contributed by atoms with van der Waals surface area (Å²) < 4.78 is 16.0. The summed E-state index contributed by atoms with van der Waals surface area (Å²) >= 11 is 0. The maximum atomic E-state index is 11.7. The van der Waals surface area contributed by atoms with Gasteiger partial charge in [0.1, 0.15) is 18.0 Å². The minimum atomic E-state index is -1.82. The van der Waals surface area contributed by atoms with Crippen molar-refractivity contribution in [2.45, 2.75) is 37.3 Å². The second kappa shape index (κ2) is 9.65. The Kier molecular flexibility index (Phi) is 6.95. The molecule has 0 amide bonds. The first-order valence-electron chi connectivity index (χ1n) is 9.18. The summed E-state index contributed by atoms with van der Waals surface area (Å²) in [5.74, 6) is -1.89. The quantitative estimate of drug-likeness (QED) is 0.384. The number of hydrogen-bond acceptors (Lipinski definition) is 10. The van der Waals surface area contributed by atoms with E-state index in [-0.39, 0.29) is 12.4 Å². The predicted molar refractivity (Wildman–Crippen MR) is 104 cm³/mol. The van der Waals surface area contributed by atoms with Crippen LogP contribution in [0.15, 0.2) is 48.5 Å². The van der Waals surface area contributed by atoms with Crippen molar-refractivity contribution in [3.8, 4) is 5.75 Å². The third-order valence-electron chi connectivity index (χ3n) is 4.66. The number of nitro benzene ring substituents is 2. The molecule has 0 aromatic heterocycles. The Morgan fingerprint density at radius 1 is 1.00 bits per heavy atom. The highest BCUT2D eigenvalue weighted by Crippen LogP contribution is 2.33. The number of aliphatic hydroxyl groups excluding tert-OH is 2. The minimum absolute atomic E-state index is 0.0400. The van der Waals surface area contributed by atoms with Gasteiger partial charge in [-0.1, -0.05) is 30.3 Å². The van der Waals surface area contributed by atoms with E-state index in [1.165, 1.54) is 0 Å². The molecule has 13 nitrogen and oxygen atoms in total. The van der Waals surface area contributed by atoms with Crippen LogP contribution in [0.25, 0.3) is 0 Å². The summed E-state index contributed by atoms with van der Waals surface area (Å²) in [5.41, 5.74) is -0.983. The number of benzene rings is 2. The van der Waals surface area contributed by atoms with E-state index in [4.69, 9.17) is 14.2 Å². The number of ether oxygens (including phenoxy) is 3. The summed E-state index contributed by atoms with van der Waals surface area (Å²) in [4.78, 5) is 31.8. The lowest BCUT2D eigenvalue weighted by Gasteiger charge is -2.40. The zero-order valence-electron chi connectivity index (χ0n) is 16.2. The molecule has 0 spiro atoms. The third-order valence-corrected chi connectivity index (χ3v) is 4.66. The second-order valence-corrected chi connectivity index (χ2v) is 6.79. The number of nitro groups is 2. The highest BCUT2D eigenvalue weighted by atomic mass is 16.7. The molecule has 0 unspecified atom stereocenters. The van der Waals surface area contributed by atoms with Crippen LogP contribution in [0.1, 0.15) is 5.56 Å². The van der Waals surface area contributed by atoms with Crippen LogP contribution in [-0.2, 0) is 20.9 Å². The van der Waals surface area contributed by atoms with Gasteiger partial charge in [-0.2, -0.15) is 0 Å². The SMILES string of the molecule is O=C(O)[C@H]1O[C@@H](OCc2ccccc2)[C@H](O)[C@@H](O)[C@@H]1Oc1ccc([N+](=O)[O-])c([N+](=O)[O-])c1. The molecule has 32 heavy (non-hydrogen) atoms. The van der Waals surface area contributed by atoms with Gasteiger partial charge in [-0.25, -0.2) is 4.79 Å². The highest BCUT2D eigenvalue weighted by molar-refractivity contribution is 5.73. The molecule has 1 saturated heterocycles. The number of aliphatic hydroxyl groups is 2. The molecule has 1 fully saturated rings. The van der Waals surface area contributed by atoms with Crippen molar-refractivity contribution >= 4 is 17.3 Å². The van der Waals surface area contributed by atoms with Crippen LogP contribution in [0.5, 0.6) is 5.75 Å². The first kappa shape index (κ1) is 23.0. The lowest BCUT2D eigenvalue weighted by molar-refractivity contribution is -0.422. The molecule has 0 saturated carbocycles. The molecular weight excluding hydrogens is 432 g/mol. The van der Waals surface area contributed by atoms with E-state index < -0.39 is 57.9 Å². The Hall–Kier alpha value is -3.65. The summed E-state index contributed by atoms with van der Waals surface area (Å²) in [6.07, 6.45) is -8.55. The highest BCUT2D eigenvalue weighted by Gasteiger charge is 2.50. The maximum Gasteiger partial charge on any atom is 0.349 e. The van der Waals surface area contributed by atoms with Crippen molar-refractivity contribution in [1.29, 1.82) is 0 Å². The third kappa shape index (κ3) is 4.97. The predicted octanol–water partition coefficient (Wildman–Crippen LogP) is 0.998. The van der Waals surface area contributed by atoms with E-state index in [0.717, 1.165) is 12.1 Å². The summed E-state index contributed by atoms with van der Waals surface area (Å²) in [5, 5.41) is 52.4. The summed E-state index contributed by atoms with van der Waals surface area (Å²) in [7, 11) is 0. The van der Waals surface area contributed by atoms with E-state index in [1.54, 1.807) is 30.3 Å². The molecule has 5 atom stereocenters. The van der Waals surface area contributed by atoms with E-state index in [1.807, 2.05) is 0 Å². The average molecular weight is 450 g/mol. The molecule has 2 aromatic rings. The molecule has 1 aliphatic rings. The van der Waals surface area contributed by atoms with Crippen molar-refractivity contribution in [2.24, 2.45) is 0 Å². The standard InChI is InChI=1S/C19H18N2O11/c22-14-15(23)19(30-9-10-4-2-1-3-5-10)32-17(18(24)25)16(14)31-11-6-7-12(20(26)27)13(8-11)21(28)29/h1-8,14-17,19,22-23H,9H2,(H,24,25)/t14-,15-,16+,17+,19-/m1/s1. The number of carboxylic acid groups (broad SMARTS) is 1. The van der Waals surface area contributed by atoms with Gasteiger partial charge >= 0.3 is 17.3 Å². The fraction of sp³-hybridized carbons (Fsp3) is 0.316. The maximum absolute atomic E-state index is 11.7. The van der Waals surface area contributed by atoms with Gasteiger partial charge in [0.15, 0.2) is 18.5 Å². The zero-order valence-corrected chi connectivity index (χ0v) is 16.2. The molecule has 170 valence electrons. The van der Waals surface area contributed by atoms with Gasteiger partial charge in [0.05, 0.1) is 22.5 Å². The summed E-state index contributed by atoms with van der Waals surface area (Å²) in [6, 6.07) is 11.3. The second-order valence-electron chi connectivity index (χ2n) is 6.79. The zero-order chi connectivity index (χ0) is 23.4. The molecule has 3 N–H and O–H groups in total. The molecule has 13 heteroatoms. The van der Waals surface area contributed by atoms with Gasteiger partial charge in [-0.3, -0.25) is 20.2 Å². The van der Waals surface area contributed by atoms with Gasteiger partial charge in [0, 0.05) is 6.07 Å². The number of nitrogens with zero attached hydrogens (tertiary/aromatic N) is 2. The molecular formula is C19H18N2O11. The molecule has 0 bridgehead atoms. The first-order chi connectivity index (χ1) is 15.2. The van der Waals surface area contributed by atoms with Crippen molar-refractivity contribution in [3.63, 3.8) is 0 Å². The Labute approximate surface area is 179 Å². The lowest BCUT2D eigenvalue weighted by atomic mass is 9.98. The Morgan fingerprint density at radius 2 is 1.66 bits per heavy atom. The number of aliphatic carboxylic acids is 1. The number of carbonyl (C=O) groups is 1. The summed E-state index contributed by atoms with van der Waals surface area (Å²) in [6.45, 7) is -0.0400. The van der Waals surface area contributed by atoms with Crippen LogP contribution in [0.2, 0.25) is 0 Å². The molecule has 0 radical (unpaired) electrons. The number of carboxylic acids is 1. The van der Waals surface area contributed by atoms with Gasteiger partial charge < -0.3 is 29.5 Å². The number of rotatable bonds is 8. The molecule has 2 aromatic carbocycles. The van der Waals surface area contributed by atoms with Crippen molar-refractivity contribution in [1.82, 2.24) is 0 Å². The average Bonchev–Trinajstić information content (AvgIpc) is 2.76. The largest absolute Gasteiger partial charge is 0.484 e. The molecule has 1 heterocycles. The van der Waals surface area contributed by atoms with E-state index >= 15 is 0 Å². The smallest absolute Gasteiger partial charge is 0.349 e. The molecule has 3 rings (SSSR count). The Morgan fingerprint density at radius 3 is 2.25 bits per heavy atom. The van der Waals surface area contributed by atoms with Gasteiger partial charge in [-0.15, -0.1) is 0 Å². The van der Waals surface area contributed by atoms with Gasteiger partial charge in [-0.05, 0) is 11.6 Å². The van der Waals surface area contributed by atoms with Crippen molar-refractivity contribution in [3.05, 3.63) is 74.3 Å². The monoisotopic (exact) mass is 450 g/mol. The van der Waals surface area contributed by atoms with Crippen molar-refractivity contribution < 1.29 is 44.2 Å². The van der Waals surface area contributed by atoms with Crippen LogP contribution in [0.4, 0.5) is 11.4 Å². The Balaban J connectivity index is 1.79. The lowest BCUT2D eigenvalue weighted by Crippen LogP contribution is -2.62. The van der Waals surface area contributed by atoms with Crippen LogP contribution in [-0.4, -0.2) is 61.8 Å². The van der Waals surface area contributed by atoms with Gasteiger partial charge in [0.2, 0.25) is 0 Å². The normalized spacial score (nSPS) is 25.1. The fourth-order valence-electron chi connectivity index (χ4n) is 3.09. The van der Waals surface area contributed by atoms with Crippen molar-refractivity contribution in [2.75, 3.05) is 0 Å². The van der Waals surface area contributed by atoms with Gasteiger partial charge in [0.25, 0.3) is 0 Å². The Bertz CT molecular complexity index is 1000. The van der Waals surface area contributed by atoms with E-state index in [9.17, 15) is 40.3 Å². The topological polar surface area (TPSA) is 192 Å². The molecule has 0 aliphatic carbocycles. The van der Waals surface area contributed by atoms with Crippen LogP contribution in [0, 0.1) is 20.2 Å². The molecule has 1 aliphatic heterocycles. The van der Waals surface area contributed by atoms with E-state index in [0.29, 0.717) is 11.6 Å². The fourth-order valence-corrected chi connectivity index (χ4v) is 3.09. The number of hydrogen-bond donors (Lipinski definition) is 3. The van der Waals surface area contributed by atoms with Crippen LogP contribution < -0.4 is 4.74 Å². The van der Waals surface area contributed by atoms with E-state index in [2.05, 4.69) is 0 Å². The minimum Gasteiger partial charge on any atom is -0.484 e. The first-order valence-corrected chi connectivity index (χ1v) is 9.18.